The van der Waals surface area contributed by atoms with Crippen LogP contribution in [0.5, 0.6) is 0 Å². The lowest BCUT2D eigenvalue weighted by molar-refractivity contribution is -0.141. The van der Waals surface area contributed by atoms with Crippen molar-refractivity contribution >= 4 is 11.7 Å². The summed E-state index contributed by atoms with van der Waals surface area (Å²) in [6, 6.07) is 4.21. The number of esters is 1. The lowest BCUT2D eigenvalue weighted by atomic mass is 10.0. The third kappa shape index (κ3) is 4.91. The first-order chi connectivity index (χ1) is 8.93. The number of rotatable bonds is 6. The molecule has 0 aliphatic heterocycles. The summed E-state index contributed by atoms with van der Waals surface area (Å²) in [6.07, 6.45) is 0.0914. The molecular weight excluding hydrogens is 242 g/mol. The fourth-order valence-corrected chi connectivity index (χ4v) is 2.17. The quantitative estimate of drug-likeness (QED) is 0.775. The second-order valence-corrected chi connectivity index (χ2v) is 4.92. The van der Waals surface area contributed by atoms with Gasteiger partial charge in [0.05, 0.1) is 13.2 Å². The Morgan fingerprint density at radius 3 is 2.42 bits per heavy atom. The van der Waals surface area contributed by atoms with Gasteiger partial charge in [-0.05, 0) is 38.3 Å². The monoisotopic (exact) mass is 265 g/mol. The van der Waals surface area contributed by atoms with Crippen molar-refractivity contribution in [3.8, 4) is 0 Å². The fraction of sp³-hybridized carbons (Fsp3) is 0.533. The molecule has 106 valence electrons. The molecule has 0 saturated carbocycles. The summed E-state index contributed by atoms with van der Waals surface area (Å²) < 4.78 is 4.54. The number of hydrogen-bond donors (Lipinski definition) is 2. The first-order valence-electron chi connectivity index (χ1n) is 6.50. The van der Waals surface area contributed by atoms with E-state index >= 15 is 0 Å². The number of aliphatic hydroxyl groups is 1. The highest BCUT2D eigenvalue weighted by atomic mass is 16.5. The topological polar surface area (TPSA) is 58.6 Å². The highest BCUT2D eigenvalue weighted by molar-refractivity contribution is 5.69. The van der Waals surface area contributed by atoms with E-state index in [-0.39, 0.29) is 12.4 Å². The highest BCUT2D eigenvalue weighted by Crippen LogP contribution is 2.21. The molecule has 1 aromatic rings. The Kier molecular flexibility index (Phi) is 5.83. The zero-order chi connectivity index (χ0) is 14.4. The average Bonchev–Trinajstić information content (AvgIpc) is 2.34. The standard InChI is InChI=1S/C15H23NO3/c1-10-7-11(2)15(12(3)8-10)16-9-13(17)5-6-14(18)19-4/h7-8,13,16-17H,5-6,9H2,1-4H3. The minimum absolute atomic E-state index is 0.241. The van der Waals surface area contributed by atoms with Crippen molar-refractivity contribution in [3.63, 3.8) is 0 Å². The lowest BCUT2D eigenvalue weighted by Crippen LogP contribution is -2.21. The number of aliphatic hydroxyl groups excluding tert-OH is 1. The maximum Gasteiger partial charge on any atom is 0.305 e. The molecule has 19 heavy (non-hydrogen) atoms. The van der Waals surface area contributed by atoms with Gasteiger partial charge in [0, 0.05) is 18.7 Å². The lowest BCUT2D eigenvalue weighted by Gasteiger charge is -2.16. The molecule has 1 rings (SSSR count). The van der Waals surface area contributed by atoms with Crippen LogP contribution in [0.4, 0.5) is 5.69 Å². The maximum atomic E-state index is 11.0. The Bertz CT molecular complexity index is 420. The van der Waals surface area contributed by atoms with Crippen LogP contribution in [0.1, 0.15) is 29.5 Å². The summed E-state index contributed by atoms with van der Waals surface area (Å²) in [5.41, 5.74) is 4.62. The van der Waals surface area contributed by atoms with E-state index in [4.69, 9.17) is 0 Å². The number of aryl methyl sites for hydroxylation is 3. The molecule has 0 fully saturated rings. The van der Waals surface area contributed by atoms with Gasteiger partial charge in [-0.1, -0.05) is 17.7 Å². The van der Waals surface area contributed by atoms with Crippen molar-refractivity contribution < 1.29 is 14.6 Å². The largest absolute Gasteiger partial charge is 0.469 e. The van der Waals surface area contributed by atoms with Crippen LogP contribution in [0.2, 0.25) is 0 Å². The zero-order valence-corrected chi connectivity index (χ0v) is 12.1. The molecule has 2 N–H and O–H groups in total. The Hall–Kier alpha value is -1.55. The summed E-state index contributed by atoms with van der Waals surface area (Å²) in [5, 5.41) is 13.1. The Balaban J connectivity index is 2.50. The molecule has 0 aromatic heterocycles. The average molecular weight is 265 g/mol. The zero-order valence-electron chi connectivity index (χ0n) is 12.1. The molecule has 1 aromatic carbocycles. The molecule has 4 heteroatoms. The van der Waals surface area contributed by atoms with Crippen molar-refractivity contribution in [2.75, 3.05) is 19.0 Å². The van der Waals surface area contributed by atoms with E-state index in [1.54, 1.807) is 0 Å². The number of carbonyl (C=O) groups excluding carboxylic acids is 1. The van der Waals surface area contributed by atoms with E-state index in [9.17, 15) is 9.90 Å². The van der Waals surface area contributed by atoms with Crippen LogP contribution in [-0.4, -0.2) is 30.8 Å². The third-order valence-corrected chi connectivity index (χ3v) is 3.10. The highest BCUT2D eigenvalue weighted by Gasteiger charge is 2.10. The number of ether oxygens (including phenoxy) is 1. The van der Waals surface area contributed by atoms with Crippen LogP contribution in [0.15, 0.2) is 12.1 Å². The number of carbonyl (C=O) groups is 1. The summed E-state index contributed by atoms with van der Waals surface area (Å²) >= 11 is 0. The van der Waals surface area contributed by atoms with Gasteiger partial charge in [-0.15, -0.1) is 0 Å². The van der Waals surface area contributed by atoms with Gasteiger partial charge in [-0.3, -0.25) is 4.79 Å². The van der Waals surface area contributed by atoms with E-state index in [0.717, 1.165) is 16.8 Å². The van der Waals surface area contributed by atoms with E-state index in [1.807, 2.05) is 13.8 Å². The van der Waals surface area contributed by atoms with Gasteiger partial charge in [0.1, 0.15) is 0 Å². The van der Waals surface area contributed by atoms with Crippen molar-refractivity contribution in [2.45, 2.75) is 39.7 Å². The molecule has 0 amide bonds. The van der Waals surface area contributed by atoms with Crippen LogP contribution >= 0.6 is 0 Å². The van der Waals surface area contributed by atoms with Crippen molar-refractivity contribution in [2.24, 2.45) is 0 Å². The summed E-state index contributed by atoms with van der Waals surface area (Å²) in [5.74, 6) is -0.290. The van der Waals surface area contributed by atoms with Gasteiger partial charge in [0.15, 0.2) is 0 Å². The molecule has 0 aliphatic carbocycles. The van der Waals surface area contributed by atoms with Crippen LogP contribution < -0.4 is 5.32 Å². The first-order valence-corrected chi connectivity index (χ1v) is 6.50. The van der Waals surface area contributed by atoms with Crippen molar-refractivity contribution in [1.29, 1.82) is 0 Å². The van der Waals surface area contributed by atoms with E-state index in [1.165, 1.54) is 12.7 Å². The summed E-state index contributed by atoms with van der Waals surface area (Å²) in [7, 11) is 1.35. The van der Waals surface area contributed by atoms with Crippen LogP contribution in [0, 0.1) is 20.8 Å². The number of nitrogens with one attached hydrogen (secondary N) is 1. The van der Waals surface area contributed by atoms with Gasteiger partial charge >= 0.3 is 5.97 Å². The predicted molar refractivity (Wildman–Crippen MR) is 76.4 cm³/mol. The minimum Gasteiger partial charge on any atom is -0.469 e. The van der Waals surface area contributed by atoms with Crippen LogP contribution in [0.25, 0.3) is 0 Å². The summed E-state index contributed by atoms with van der Waals surface area (Å²) in [6.45, 7) is 6.59. The molecule has 0 aliphatic rings. The van der Waals surface area contributed by atoms with E-state index < -0.39 is 6.10 Å². The first kappa shape index (κ1) is 15.5. The van der Waals surface area contributed by atoms with Gasteiger partial charge in [-0.2, -0.15) is 0 Å². The normalized spacial score (nSPS) is 12.1. The molecule has 0 bridgehead atoms. The number of hydrogen-bond acceptors (Lipinski definition) is 4. The van der Waals surface area contributed by atoms with Crippen LogP contribution in [0.3, 0.4) is 0 Å². The Labute approximate surface area is 114 Å². The van der Waals surface area contributed by atoms with Gasteiger partial charge in [-0.25, -0.2) is 0 Å². The number of methoxy groups -OCH3 is 1. The molecule has 1 unspecified atom stereocenters. The van der Waals surface area contributed by atoms with Crippen molar-refractivity contribution in [1.82, 2.24) is 0 Å². The van der Waals surface area contributed by atoms with Gasteiger partial charge in [0.2, 0.25) is 0 Å². The van der Waals surface area contributed by atoms with Crippen molar-refractivity contribution in [3.05, 3.63) is 28.8 Å². The fourth-order valence-electron chi connectivity index (χ4n) is 2.17. The number of anilines is 1. The van der Waals surface area contributed by atoms with E-state index in [0.29, 0.717) is 13.0 Å². The minimum atomic E-state index is -0.556. The van der Waals surface area contributed by atoms with Gasteiger partial charge in [0.25, 0.3) is 0 Å². The predicted octanol–water partition coefficient (Wildman–Crippen LogP) is 2.34. The SMILES string of the molecule is COC(=O)CCC(O)CNc1c(C)cc(C)cc1C. The number of benzene rings is 1. The maximum absolute atomic E-state index is 11.0. The van der Waals surface area contributed by atoms with Crippen LogP contribution in [-0.2, 0) is 9.53 Å². The molecular formula is C15H23NO3. The third-order valence-electron chi connectivity index (χ3n) is 3.10. The molecule has 0 heterocycles. The molecule has 1 atom stereocenters. The Morgan fingerprint density at radius 2 is 1.89 bits per heavy atom. The molecule has 0 saturated heterocycles. The second kappa shape index (κ2) is 7.14. The van der Waals surface area contributed by atoms with E-state index in [2.05, 4.69) is 29.1 Å². The summed E-state index contributed by atoms with van der Waals surface area (Å²) in [4.78, 5) is 11.0. The Morgan fingerprint density at radius 1 is 1.32 bits per heavy atom. The molecule has 4 nitrogen and oxygen atoms in total. The van der Waals surface area contributed by atoms with Gasteiger partial charge < -0.3 is 15.2 Å². The molecule has 0 radical (unpaired) electrons. The second-order valence-electron chi connectivity index (χ2n) is 4.92. The molecule has 0 spiro atoms. The smallest absolute Gasteiger partial charge is 0.305 e.